The standard InChI is InChI=1S/C16H19ClN2OS/c1-10(2)15(20)16-13(18)8-14(21-16)19(3)9-11-4-6-12(17)7-5-11/h4-8,10H,9,18H2,1-3H3. The number of ketones is 1. The first-order valence-electron chi connectivity index (χ1n) is 6.77. The van der Waals surface area contributed by atoms with Gasteiger partial charge in [0.05, 0.1) is 15.6 Å². The second-order valence-corrected chi connectivity index (χ2v) is 6.84. The third-order valence-corrected chi connectivity index (χ3v) is 4.74. The van der Waals surface area contributed by atoms with Crippen LogP contribution in [-0.2, 0) is 6.54 Å². The molecule has 0 saturated heterocycles. The minimum Gasteiger partial charge on any atom is -0.397 e. The quantitative estimate of drug-likeness (QED) is 0.827. The number of thiophene rings is 1. The Bertz CT molecular complexity index is 634. The van der Waals surface area contributed by atoms with Gasteiger partial charge in [-0.25, -0.2) is 0 Å². The lowest BCUT2D eigenvalue weighted by molar-refractivity contribution is 0.0944. The van der Waals surface area contributed by atoms with E-state index in [4.69, 9.17) is 17.3 Å². The van der Waals surface area contributed by atoms with Crippen LogP contribution in [-0.4, -0.2) is 12.8 Å². The summed E-state index contributed by atoms with van der Waals surface area (Å²) in [6.07, 6.45) is 0. The molecule has 0 aliphatic rings. The van der Waals surface area contributed by atoms with E-state index in [-0.39, 0.29) is 11.7 Å². The molecule has 1 aromatic carbocycles. The van der Waals surface area contributed by atoms with Crippen LogP contribution >= 0.6 is 22.9 Å². The molecule has 0 unspecified atom stereocenters. The number of nitrogens with two attached hydrogens (primary N) is 1. The molecular weight excluding hydrogens is 304 g/mol. The van der Waals surface area contributed by atoms with E-state index in [1.165, 1.54) is 11.3 Å². The molecule has 0 aliphatic heterocycles. The third-order valence-electron chi connectivity index (χ3n) is 3.21. The van der Waals surface area contributed by atoms with E-state index in [1.54, 1.807) is 0 Å². The van der Waals surface area contributed by atoms with Crippen molar-refractivity contribution >= 4 is 39.4 Å². The van der Waals surface area contributed by atoms with Gasteiger partial charge in [-0.2, -0.15) is 0 Å². The van der Waals surface area contributed by atoms with Crippen LogP contribution in [0.2, 0.25) is 5.02 Å². The highest BCUT2D eigenvalue weighted by molar-refractivity contribution is 7.18. The largest absolute Gasteiger partial charge is 0.397 e. The number of anilines is 2. The number of hydrogen-bond acceptors (Lipinski definition) is 4. The van der Waals surface area contributed by atoms with Crippen molar-refractivity contribution in [1.82, 2.24) is 0 Å². The lowest BCUT2D eigenvalue weighted by Gasteiger charge is -2.17. The van der Waals surface area contributed by atoms with Gasteiger partial charge in [0, 0.05) is 24.5 Å². The molecule has 0 fully saturated rings. The predicted octanol–water partition coefficient (Wildman–Crippen LogP) is 4.46. The first-order valence-corrected chi connectivity index (χ1v) is 7.97. The second kappa shape index (κ2) is 6.50. The minimum atomic E-state index is -0.0413. The Kier molecular flexibility index (Phi) is 4.91. The Morgan fingerprint density at radius 3 is 2.52 bits per heavy atom. The summed E-state index contributed by atoms with van der Waals surface area (Å²) in [5.74, 6) is 0.0593. The molecule has 0 atom stereocenters. The van der Waals surface area contributed by atoms with Crippen molar-refractivity contribution in [3.63, 3.8) is 0 Å². The fraction of sp³-hybridized carbons (Fsp3) is 0.312. The molecule has 0 saturated carbocycles. The predicted molar refractivity (Wildman–Crippen MR) is 91.5 cm³/mol. The van der Waals surface area contributed by atoms with Crippen molar-refractivity contribution in [2.24, 2.45) is 5.92 Å². The third kappa shape index (κ3) is 3.77. The Balaban J connectivity index is 2.16. The van der Waals surface area contributed by atoms with E-state index in [0.717, 1.165) is 22.1 Å². The molecule has 1 heterocycles. The van der Waals surface area contributed by atoms with Gasteiger partial charge in [0.1, 0.15) is 0 Å². The maximum absolute atomic E-state index is 12.1. The minimum absolute atomic E-state index is 0.0413. The Morgan fingerprint density at radius 1 is 1.33 bits per heavy atom. The maximum Gasteiger partial charge on any atom is 0.177 e. The number of nitrogen functional groups attached to an aromatic ring is 1. The zero-order chi connectivity index (χ0) is 15.6. The monoisotopic (exact) mass is 322 g/mol. The molecule has 1 aromatic heterocycles. The molecule has 3 nitrogen and oxygen atoms in total. The van der Waals surface area contributed by atoms with E-state index in [9.17, 15) is 4.79 Å². The zero-order valence-corrected chi connectivity index (χ0v) is 14.0. The Morgan fingerprint density at radius 2 is 1.95 bits per heavy atom. The molecule has 0 radical (unpaired) electrons. The van der Waals surface area contributed by atoms with Crippen molar-refractivity contribution in [3.05, 3.63) is 45.8 Å². The molecule has 21 heavy (non-hydrogen) atoms. The topological polar surface area (TPSA) is 46.3 Å². The van der Waals surface area contributed by atoms with E-state index < -0.39 is 0 Å². The van der Waals surface area contributed by atoms with Gasteiger partial charge in [-0.3, -0.25) is 4.79 Å². The fourth-order valence-corrected chi connectivity index (χ4v) is 3.23. The van der Waals surface area contributed by atoms with Crippen molar-refractivity contribution in [2.75, 3.05) is 17.7 Å². The summed E-state index contributed by atoms with van der Waals surface area (Å²) in [4.78, 5) is 14.8. The van der Waals surface area contributed by atoms with Crippen molar-refractivity contribution < 1.29 is 4.79 Å². The second-order valence-electron chi connectivity index (χ2n) is 5.37. The van der Waals surface area contributed by atoms with Crippen LogP contribution in [0.3, 0.4) is 0 Å². The van der Waals surface area contributed by atoms with E-state index in [1.807, 2.05) is 51.2 Å². The summed E-state index contributed by atoms with van der Waals surface area (Å²) in [7, 11) is 1.99. The van der Waals surface area contributed by atoms with Gasteiger partial charge in [0.25, 0.3) is 0 Å². The highest BCUT2D eigenvalue weighted by Gasteiger charge is 2.18. The normalized spacial score (nSPS) is 10.9. The first kappa shape index (κ1) is 15.9. The Hall–Kier alpha value is -1.52. The first-order chi connectivity index (χ1) is 9.88. The summed E-state index contributed by atoms with van der Waals surface area (Å²) in [6, 6.07) is 9.62. The van der Waals surface area contributed by atoms with Gasteiger partial charge in [0.2, 0.25) is 0 Å². The molecule has 2 rings (SSSR count). The average Bonchev–Trinajstić information content (AvgIpc) is 2.82. The number of Topliss-reactive ketones (excluding diaryl/α,β-unsaturated/α-hetero) is 1. The zero-order valence-electron chi connectivity index (χ0n) is 12.4. The molecular formula is C16H19ClN2OS. The molecule has 2 aromatic rings. The van der Waals surface area contributed by atoms with Gasteiger partial charge < -0.3 is 10.6 Å². The molecule has 0 aliphatic carbocycles. The summed E-state index contributed by atoms with van der Waals surface area (Å²) in [5, 5.41) is 1.72. The van der Waals surface area contributed by atoms with Gasteiger partial charge in [-0.15, -0.1) is 11.3 Å². The molecule has 112 valence electrons. The fourth-order valence-electron chi connectivity index (χ4n) is 1.98. The molecule has 0 spiro atoms. The van der Waals surface area contributed by atoms with Crippen molar-refractivity contribution in [3.8, 4) is 0 Å². The van der Waals surface area contributed by atoms with Crippen LogP contribution < -0.4 is 10.6 Å². The van der Waals surface area contributed by atoms with Crippen LogP contribution in [0, 0.1) is 5.92 Å². The number of rotatable bonds is 5. The van der Waals surface area contributed by atoms with Crippen LogP contribution in [0.15, 0.2) is 30.3 Å². The van der Waals surface area contributed by atoms with E-state index in [0.29, 0.717) is 10.6 Å². The number of nitrogens with zero attached hydrogens (tertiary/aromatic N) is 1. The lowest BCUT2D eigenvalue weighted by atomic mass is 10.1. The smallest absolute Gasteiger partial charge is 0.177 e. The van der Waals surface area contributed by atoms with Crippen LogP contribution in [0.4, 0.5) is 10.7 Å². The van der Waals surface area contributed by atoms with Gasteiger partial charge >= 0.3 is 0 Å². The molecule has 5 heteroatoms. The molecule has 0 amide bonds. The Labute approximate surface area is 134 Å². The lowest BCUT2D eigenvalue weighted by Crippen LogP contribution is -2.14. The average molecular weight is 323 g/mol. The summed E-state index contributed by atoms with van der Waals surface area (Å²) < 4.78 is 0. The number of benzene rings is 1. The molecule has 0 bridgehead atoms. The number of carbonyl (C=O) groups excluding carboxylic acids is 1. The van der Waals surface area contributed by atoms with Gasteiger partial charge in [0.15, 0.2) is 5.78 Å². The van der Waals surface area contributed by atoms with Gasteiger partial charge in [-0.05, 0) is 23.8 Å². The summed E-state index contributed by atoms with van der Waals surface area (Å²) in [5.41, 5.74) is 7.70. The highest BCUT2D eigenvalue weighted by Crippen LogP contribution is 2.33. The number of halogens is 1. The van der Waals surface area contributed by atoms with E-state index >= 15 is 0 Å². The van der Waals surface area contributed by atoms with Crippen LogP contribution in [0.25, 0.3) is 0 Å². The summed E-state index contributed by atoms with van der Waals surface area (Å²) in [6.45, 7) is 4.52. The maximum atomic E-state index is 12.1. The number of carbonyl (C=O) groups is 1. The van der Waals surface area contributed by atoms with Crippen LogP contribution in [0.5, 0.6) is 0 Å². The summed E-state index contributed by atoms with van der Waals surface area (Å²) >= 11 is 7.34. The highest BCUT2D eigenvalue weighted by atomic mass is 35.5. The molecule has 2 N–H and O–H groups in total. The SMILES string of the molecule is CC(C)C(=O)c1sc(N(C)Cc2ccc(Cl)cc2)cc1N. The van der Waals surface area contributed by atoms with Crippen molar-refractivity contribution in [1.29, 1.82) is 0 Å². The van der Waals surface area contributed by atoms with Crippen LogP contribution in [0.1, 0.15) is 29.1 Å². The van der Waals surface area contributed by atoms with E-state index in [2.05, 4.69) is 4.90 Å². The van der Waals surface area contributed by atoms with Crippen molar-refractivity contribution in [2.45, 2.75) is 20.4 Å². The van der Waals surface area contributed by atoms with Gasteiger partial charge in [-0.1, -0.05) is 37.6 Å². The number of hydrogen-bond donors (Lipinski definition) is 1.